The van der Waals surface area contributed by atoms with Crippen LogP contribution in [0.25, 0.3) is 0 Å². The molecule has 0 N–H and O–H groups in total. The molecule has 0 spiro atoms. The van der Waals surface area contributed by atoms with Crippen molar-refractivity contribution in [2.75, 3.05) is 13.1 Å². The van der Waals surface area contributed by atoms with Crippen LogP contribution in [0.2, 0.25) is 0 Å². The van der Waals surface area contributed by atoms with E-state index in [1.807, 2.05) is 30.3 Å². The van der Waals surface area contributed by atoms with Gasteiger partial charge in [0, 0.05) is 5.56 Å². The van der Waals surface area contributed by atoms with E-state index in [0.29, 0.717) is 11.7 Å². The summed E-state index contributed by atoms with van der Waals surface area (Å²) in [6, 6.07) is 10.1. The minimum absolute atomic E-state index is 0. The number of likely N-dealkylation sites (tertiary alicyclic amines) is 1. The lowest BCUT2D eigenvalue weighted by atomic mass is 9.79. The first-order chi connectivity index (χ1) is 10.4. The van der Waals surface area contributed by atoms with E-state index in [-0.39, 0.29) is 18.4 Å². The van der Waals surface area contributed by atoms with Crippen LogP contribution in [0.5, 0.6) is 0 Å². The average molecular weight is 322 g/mol. The molecule has 122 valence electrons. The SMILES string of the molecule is Cl.O=C(c1ccccc1)C(C1CCCCC1)N1CCCCC1. The molecule has 22 heavy (non-hydrogen) atoms. The van der Waals surface area contributed by atoms with Crippen molar-refractivity contribution in [1.82, 2.24) is 4.90 Å². The Balaban J connectivity index is 0.00000176. The van der Waals surface area contributed by atoms with Gasteiger partial charge < -0.3 is 0 Å². The zero-order chi connectivity index (χ0) is 14.5. The fourth-order valence-corrected chi connectivity index (χ4v) is 4.10. The maximum Gasteiger partial charge on any atom is 0.180 e. The monoisotopic (exact) mass is 321 g/mol. The van der Waals surface area contributed by atoms with Gasteiger partial charge in [-0.1, -0.05) is 56.0 Å². The summed E-state index contributed by atoms with van der Waals surface area (Å²) >= 11 is 0. The van der Waals surface area contributed by atoms with Crippen LogP contribution in [-0.4, -0.2) is 29.8 Å². The van der Waals surface area contributed by atoms with Crippen molar-refractivity contribution in [2.24, 2.45) is 5.92 Å². The molecule has 0 aromatic heterocycles. The average Bonchev–Trinajstić information content (AvgIpc) is 2.58. The molecule has 3 rings (SSSR count). The van der Waals surface area contributed by atoms with Crippen molar-refractivity contribution in [1.29, 1.82) is 0 Å². The second-order valence-electron chi connectivity index (χ2n) is 6.67. The molecule has 0 amide bonds. The Bertz CT molecular complexity index is 432. The molecule has 1 saturated carbocycles. The number of halogens is 1. The quantitative estimate of drug-likeness (QED) is 0.747. The Labute approximate surface area is 140 Å². The highest BCUT2D eigenvalue weighted by molar-refractivity contribution is 6.00. The third-order valence-electron chi connectivity index (χ3n) is 5.21. The largest absolute Gasteiger partial charge is 0.293 e. The zero-order valence-corrected chi connectivity index (χ0v) is 14.2. The van der Waals surface area contributed by atoms with E-state index in [1.54, 1.807) is 0 Å². The molecule has 1 saturated heterocycles. The van der Waals surface area contributed by atoms with E-state index in [0.717, 1.165) is 18.7 Å². The van der Waals surface area contributed by atoms with E-state index < -0.39 is 0 Å². The minimum Gasteiger partial charge on any atom is -0.293 e. The topological polar surface area (TPSA) is 20.3 Å². The number of hydrogen-bond donors (Lipinski definition) is 0. The highest BCUT2D eigenvalue weighted by Crippen LogP contribution is 2.32. The number of Topliss-reactive ketones (excluding diaryl/α,β-unsaturated/α-hetero) is 1. The Kier molecular flexibility index (Phi) is 6.91. The third-order valence-corrected chi connectivity index (χ3v) is 5.21. The second-order valence-corrected chi connectivity index (χ2v) is 6.67. The van der Waals surface area contributed by atoms with E-state index in [4.69, 9.17) is 0 Å². The molecule has 0 bridgehead atoms. The maximum absolute atomic E-state index is 13.1. The van der Waals surface area contributed by atoms with Gasteiger partial charge >= 0.3 is 0 Å². The van der Waals surface area contributed by atoms with Crippen LogP contribution in [0.4, 0.5) is 0 Å². The number of piperidine rings is 1. The van der Waals surface area contributed by atoms with E-state index >= 15 is 0 Å². The van der Waals surface area contributed by atoms with Gasteiger partial charge in [-0.2, -0.15) is 0 Å². The number of rotatable bonds is 4. The molecule has 1 unspecified atom stereocenters. The molecule has 2 fully saturated rings. The normalized spacial score (nSPS) is 21.8. The molecule has 1 atom stereocenters. The summed E-state index contributed by atoms with van der Waals surface area (Å²) in [6.45, 7) is 2.22. The van der Waals surface area contributed by atoms with E-state index in [9.17, 15) is 4.79 Å². The Morgan fingerprint density at radius 2 is 1.50 bits per heavy atom. The van der Waals surface area contributed by atoms with E-state index in [1.165, 1.54) is 51.4 Å². The van der Waals surface area contributed by atoms with Crippen molar-refractivity contribution >= 4 is 18.2 Å². The van der Waals surface area contributed by atoms with Crippen LogP contribution in [0.1, 0.15) is 61.7 Å². The molecule has 1 aromatic carbocycles. The van der Waals surface area contributed by atoms with Crippen molar-refractivity contribution < 1.29 is 4.79 Å². The van der Waals surface area contributed by atoms with Crippen LogP contribution in [0.3, 0.4) is 0 Å². The lowest BCUT2D eigenvalue weighted by Gasteiger charge is -2.39. The van der Waals surface area contributed by atoms with Gasteiger partial charge in [0.2, 0.25) is 0 Å². The van der Waals surface area contributed by atoms with Crippen LogP contribution in [0, 0.1) is 5.92 Å². The summed E-state index contributed by atoms with van der Waals surface area (Å²) in [4.78, 5) is 15.6. The summed E-state index contributed by atoms with van der Waals surface area (Å²) in [6.07, 6.45) is 10.3. The molecule has 2 nitrogen and oxygen atoms in total. The Morgan fingerprint density at radius 1 is 0.909 bits per heavy atom. The lowest BCUT2D eigenvalue weighted by molar-refractivity contribution is 0.0611. The van der Waals surface area contributed by atoms with Crippen molar-refractivity contribution in [3.63, 3.8) is 0 Å². The lowest BCUT2D eigenvalue weighted by Crippen LogP contribution is -2.49. The summed E-state index contributed by atoms with van der Waals surface area (Å²) in [7, 11) is 0. The number of hydrogen-bond acceptors (Lipinski definition) is 2. The summed E-state index contributed by atoms with van der Waals surface area (Å²) in [5.74, 6) is 0.939. The van der Waals surface area contributed by atoms with Gasteiger partial charge in [-0.05, 0) is 44.7 Å². The van der Waals surface area contributed by atoms with Crippen LogP contribution < -0.4 is 0 Å². The van der Waals surface area contributed by atoms with Gasteiger partial charge in [-0.25, -0.2) is 0 Å². The minimum atomic E-state index is 0. The van der Waals surface area contributed by atoms with Crippen molar-refractivity contribution in [2.45, 2.75) is 57.4 Å². The molecule has 0 radical (unpaired) electrons. The van der Waals surface area contributed by atoms with Gasteiger partial charge in [-0.15, -0.1) is 12.4 Å². The maximum atomic E-state index is 13.1. The first-order valence-electron chi connectivity index (χ1n) is 8.69. The number of nitrogens with zero attached hydrogens (tertiary/aromatic N) is 1. The Hall–Kier alpha value is -0.860. The van der Waals surface area contributed by atoms with Gasteiger partial charge in [0.05, 0.1) is 6.04 Å². The molecule has 1 aliphatic carbocycles. The van der Waals surface area contributed by atoms with E-state index in [2.05, 4.69) is 4.90 Å². The number of benzene rings is 1. The predicted octanol–water partition coefficient (Wildman–Crippen LogP) is 4.73. The predicted molar refractivity (Wildman–Crippen MR) is 93.8 cm³/mol. The van der Waals surface area contributed by atoms with Crippen LogP contribution in [-0.2, 0) is 0 Å². The third kappa shape index (κ3) is 4.11. The molecular weight excluding hydrogens is 294 g/mol. The van der Waals surface area contributed by atoms with Gasteiger partial charge in [0.1, 0.15) is 0 Å². The molecule has 1 heterocycles. The summed E-state index contributed by atoms with van der Waals surface area (Å²) in [5, 5.41) is 0. The van der Waals surface area contributed by atoms with Crippen LogP contribution in [0.15, 0.2) is 30.3 Å². The molecular formula is C19H28ClNO. The summed E-state index contributed by atoms with van der Waals surface area (Å²) < 4.78 is 0. The number of carbonyl (C=O) groups is 1. The highest BCUT2D eigenvalue weighted by atomic mass is 35.5. The second kappa shape index (κ2) is 8.69. The first kappa shape index (κ1) is 17.5. The first-order valence-corrected chi connectivity index (χ1v) is 8.69. The number of ketones is 1. The Morgan fingerprint density at radius 3 is 2.14 bits per heavy atom. The fraction of sp³-hybridized carbons (Fsp3) is 0.632. The molecule has 2 aliphatic rings. The summed E-state index contributed by atoms with van der Waals surface area (Å²) in [5.41, 5.74) is 0.902. The highest BCUT2D eigenvalue weighted by Gasteiger charge is 2.35. The molecule has 3 heteroatoms. The van der Waals surface area contributed by atoms with Crippen molar-refractivity contribution in [3.8, 4) is 0 Å². The van der Waals surface area contributed by atoms with Crippen molar-refractivity contribution in [3.05, 3.63) is 35.9 Å². The van der Waals surface area contributed by atoms with Gasteiger partial charge in [-0.3, -0.25) is 9.69 Å². The fourth-order valence-electron chi connectivity index (χ4n) is 4.10. The van der Waals surface area contributed by atoms with Gasteiger partial charge in [0.15, 0.2) is 5.78 Å². The van der Waals surface area contributed by atoms with Crippen LogP contribution >= 0.6 is 12.4 Å². The zero-order valence-electron chi connectivity index (χ0n) is 13.4. The smallest absolute Gasteiger partial charge is 0.180 e. The number of carbonyl (C=O) groups excluding carboxylic acids is 1. The molecule has 1 aliphatic heterocycles. The standard InChI is InChI=1S/C19H27NO.ClH/c21-19(17-12-6-2-7-13-17)18(16-10-4-1-5-11-16)20-14-8-3-9-15-20;/h2,6-7,12-13,16,18H,1,3-5,8-11,14-15H2;1H. The molecule has 1 aromatic rings. The van der Waals surface area contributed by atoms with Gasteiger partial charge in [0.25, 0.3) is 0 Å².